The summed E-state index contributed by atoms with van der Waals surface area (Å²) in [7, 11) is 0. The maximum atomic E-state index is 13.0. The molecule has 0 saturated carbocycles. The van der Waals surface area contributed by atoms with Crippen LogP contribution in [-0.4, -0.2) is 83.4 Å². The standard InChI is InChI=1S/C26H38ClN3O4/c1-6-15-33-24(31)28-13-11-22(12-14-28)30-17-19(2)29(25(32)34-26(3,4)5)18-23(30)16-20-7-9-21(27)10-8-20/h6-10,19,22-23H,1,11-18H2,2-5H3/t19-,23?/m0/s1. The number of hydrogen-bond acceptors (Lipinski definition) is 5. The molecule has 188 valence electrons. The number of ether oxygens (including phenoxy) is 2. The Morgan fingerprint density at radius 3 is 2.35 bits per heavy atom. The van der Waals surface area contributed by atoms with E-state index in [-0.39, 0.29) is 30.9 Å². The monoisotopic (exact) mass is 491 g/mol. The van der Waals surface area contributed by atoms with Crippen LogP contribution in [0.15, 0.2) is 36.9 Å². The van der Waals surface area contributed by atoms with Crippen LogP contribution in [0, 0.1) is 0 Å². The van der Waals surface area contributed by atoms with E-state index in [9.17, 15) is 9.59 Å². The van der Waals surface area contributed by atoms with Crippen LogP contribution in [0.1, 0.15) is 46.1 Å². The van der Waals surface area contributed by atoms with Crippen molar-refractivity contribution >= 4 is 23.8 Å². The van der Waals surface area contributed by atoms with Crippen LogP contribution >= 0.6 is 11.6 Å². The van der Waals surface area contributed by atoms with E-state index in [1.807, 2.05) is 37.8 Å². The fraction of sp³-hybridized carbons (Fsp3) is 0.615. The van der Waals surface area contributed by atoms with Crippen molar-refractivity contribution in [3.63, 3.8) is 0 Å². The summed E-state index contributed by atoms with van der Waals surface area (Å²) in [5.41, 5.74) is 0.649. The average molecular weight is 492 g/mol. The first-order valence-corrected chi connectivity index (χ1v) is 12.5. The van der Waals surface area contributed by atoms with Crippen LogP contribution in [-0.2, 0) is 15.9 Å². The lowest BCUT2D eigenvalue weighted by Gasteiger charge is -2.50. The molecule has 2 aliphatic rings. The fourth-order valence-electron chi connectivity index (χ4n) is 4.76. The Morgan fingerprint density at radius 2 is 1.76 bits per heavy atom. The van der Waals surface area contributed by atoms with E-state index in [0.29, 0.717) is 30.7 Å². The van der Waals surface area contributed by atoms with Gasteiger partial charge in [-0.1, -0.05) is 36.4 Å². The van der Waals surface area contributed by atoms with Gasteiger partial charge in [0.2, 0.25) is 0 Å². The average Bonchev–Trinajstić information content (AvgIpc) is 2.78. The number of carbonyl (C=O) groups is 2. The summed E-state index contributed by atoms with van der Waals surface area (Å²) in [6, 6.07) is 8.44. The molecular weight excluding hydrogens is 454 g/mol. The Kier molecular flexibility index (Phi) is 8.88. The third kappa shape index (κ3) is 7.12. The smallest absolute Gasteiger partial charge is 0.410 e. The summed E-state index contributed by atoms with van der Waals surface area (Å²) in [4.78, 5) is 31.4. The molecule has 34 heavy (non-hydrogen) atoms. The molecule has 7 nitrogen and oxygen atoms in total. The first-order valence-electron chi connectivity index (χ1n) is 12.1. The van der Waals surface area contributed by atoms with Gasteiger partial charge in [0.05, 0.1) is 0 Å². The Hall–Kier alpha value is -2.25. The first kappa shape index (κ1) is 26.4. The van der Waals surface area contributed by atoms with Gasteiger partial charge in [-0.25, -0.2) is 9.59 Å². The van der Waals surface area contributed by atoms with Gasteiger partial charge in [0.15, 0.2) is 0 Å². The molecule has 2 saturated heterocycles. The second-order valence-electron chi connectivity index (χ2n) is 10.2. The molecular formula is C26H38ClN3O4. The highest BCUT2D eigenvalue weighted by Crippen LogP contribution is 2.28. The van der Waals surface area contributed by atoms with Crippen molar-refractivity contribution in [1.29, 1.82) is 0 Å². The molecule has 0 N–H and O–H groups in total. The van der Waals surface area contributed by atoms with Crippen molar-refractivity contribution in [3.05, 3.63) is 47.5 Å². The molecule has 1 aromatic rings. The Morgan fingerprint density at radius 1 is 1.12 bits per heavy atom. The van der Waals surface area contributed by atoms with Crippen LogP contribution in [0.4, 0.5) is 9.59 Å². The van der Waals surface area contributed by atoms with E-state index in [1.165, 1.54) is 5.56 Å². The summed E-state index contributed by atoms with van der Waals surface area (Å²) in [5.74, 6) is 0. The van der Waals surface area contributed by atoms with Crippen molar-refractivity contribution in [2.75, 3.05) is 32.8 Å². The number of likely N-dealkylation sites (tertiary alicyclic amines) is 1. The lowest BCUT2D eigenvalue weighted by atomic mass is 9.94. The minimum atomic E-state index is -0.535. The molecule has 1 unspecified atom stereocenters. The third-order valence-electron chi connectivity index (χ3n) is 6.41. The zero-order valence-electron chi connectivity index (χ0n) is 20.8. The number of rotatable bonds is 5. The number of carbonyl (C=O) groups excluding carboxylic acids is 2. The molecule has 1 aromatic carbocycles. The van der Waals surface area contributed by atoms with Crippen molar-refractivity contribution in [2.24, 2.45) is 0 Å². The Balaban J connectivity index is 1.72. The molecule has 0 spiro atoms. The molecule has 0 bridgehead atoms. The van der Waals surface area contributed by atoms with Gasteiger partial charge in [0.1, 0.15) is 12.2 Å². The summed E-state index contributed by atoms with van der Waals surface area (Å²) in [6.07, 6.45) is 3.60. The Bertz CT molecular complexity index is 847. The van der Waals surface area contributed by atoms with Gasteiger partial charge in [0, 0.05) is 49.3 Å². The zero-order valence-corrected chi connectivity index (χ0v) is 21.6. The van der Waals surface area contributed by atoms with Gasteiger partial charge in [0.25, 0.3) is 0 Å². The van der Waals surface area contributed by atoms with E-state index < -0.39 is 5.60 Å². The molecule has 2 amide bonds. The van der Waals surface area contributed by atoms with E-state index in [0.717, 1.165) is 25.8 Å². The normalized spacial score (nSPS) is 22.4. The summed E-state index contributed by atoms with van der Waals surface area (Å²) in [5, 5.41) is 0.712. The maximum Gasteiger partial charge on any atom is 0.410 e. The summed E-state index contributed by atoms with van der Waals surface area (Å²) >= 11 is 6.09. The molecule has 2 atom stereocenters. The summed E-state index contributed by atoms with van der Waals surface area (Å²) < 4.78 is 10.9. The molecule has 0 radical (unpaired) electrons. The highest BCUT2D eigenvalue weighted by molar-refractivity contribution is 6.30. The van der Waals surface area contributed by atoms with Crippen LogP contribution in [0.3, 0.4) is 0 Å². The molecule has 0 aliphatic carbocycles. The van der Waals surface area contributed by atoms with E-state index >= 15 is 0 Å². The van der Waals surface area contributed by atoms with Crippen LogP contribution in [0.5, 0.6) is 0 Å². The van der Waals surface area contributed by atoms with Crippen molar-refractivity contribution < 1.29 is 19.1 Å². The van der Waals surface area contributed by atoms with Crippen LogP contribution < -0.4 is 0 Å². The minimum absolute atomic E-state index is 0.0342. The second-order valence-corrected chi connectivity index (χ2v) is 10.7. The number of amides is 2. The number of hydrogen-bond donors (Lipinski definition) is 0. The van der Waals surface area contributed by atoms with E-state index in [2.05, 4.69) is 30.5 Å². The highest BCUT2D eigenvalue weighted by atomic mass is 35.5. The SMILES string of the molecule is C=CCOC(=O)N1CCC(N2C[C@H](C)N(C(=O)OC(C)(C)C)CC2Cc2ccc(Cl)cc2)CC1. The molecule has 2 fully saturated rings. The van der Waals surface area contributed by atoms with E-state index in [1.54, 1.807) is 11.0 Å². The quantitative estimate of drug-likeness (QED) is 0.543. The number of halogens is 1. The van der Waals surface area contributed by atoms with Crippen LogP contribution in [0.2, 0.25) is 5.02 Å². The van der Waals surface area contributed by atoms with Crippen molar-refractivity contribution in [1.82, 2.24) is 14.7 Å². The molecule has 8 heteroatoms. The highest BCUT2D eigenvalue weighted by Gasteiger charge is 2.40. The van der Waals surface area contributed by atoms with E-state index in [4.69, 9.17) is 21.1 Å². The first-order chi connectivity index (χ1) is 16.1. The Labute approximate surface area is 208 Å². The van der Waals surface area contributed by atoms with Crippen LogP contribution in [0.25, 0.3) is 0 Å². The molecule has 3 rings (SSSR count). The number of nitrogens with zero attached hydrogens (tertiary/aromatic N) is 3. The molecule has 2 aliphatic heterocycles. The predicted molar refractivity (Wildman–Crippen MR) is 134 cm³/mol. The lowest BCUT2D eigenvalue weighted by molar-refractivity contribution is -0.0311. The van der Waals surface area contributed by atoms with Gasteiger partial charge in [-0.05, 0) is 64.7 Å². The number of benzene rings is 1. The predicted octanol–water partition coefficient (Wildman–Crippen LogP) is 4.98. The van der Waals surface area contributed by atoms with Gasteiger partial charge in [-0.15, -0.1) is 0 Å². The summed E-state index contributed by atoms with van der Waals surface area (Å²) in [6.45, 7) is 14.3. The number of piperazine rings is 1. The minimum Gasteiger partial charge on any atom is -0.445 e. The van der Waals surface area contributed by atoms with Gasteiger partial charge in [-0.3, -0.25) is 4.90 Å². The van der Waals surface area contributed by atoms with Gasteiger partial charge in [-0.2, -0.15) is 0 Å². The third-order valence-corrected chi connectivity index (χ3v) is 6.66. The fourth-order valence-corrected chi connectivity index (χ4v) is 4.89. The molecule has 0 aromatic heterocycles. The van der Waals surface area contributed by atoms with Gasteiger partial charge < -0.3 is 19.3 Å². The lowest BCUT2D eigenvalue weighted by Crippen LogP contribution is -2.63. The van der Waals surface area contributed by atoms with Gasteiger partial charge >= 0.3 is 12.2 Å². The second kappa shape index (κ2) is 11.5. The number of piperidine rings is 1. The largest absolute Gasteiger partial charge is 0.445 e. The van der Waals surface area contributed by atoms with Crippen molar-refractivity contribution in [3.8, 4) is 0 Å². The topological polar surface area (TPSA) is 62.3 Å². The molecule has 2 heterocycles. The van der Waals surface area contributed by atoms with Crippen molar-refractivity contribution in [2.45, 2.75) is 70.7 Å². The zero-order chi connectivity index (χ0) is 24.9. The maximum absolute atomic E-state index is 13.0.